The maximum atomic E-state index is 14.1. The normalized spacial score (nSPS) is 29.0. The van der Waals surface area contributed by atoms with Crippen molar-refractivity contribution in [3.63, 3.8) is 0 Å². The number of benzene rings is 2. The van der Waals surface area contributed by atoms with Crippen LogP contribution in [-0.4, -0.2) is 48.9 Å². The van der Waals surface area contributed by atoms with Crippen LogP contribution in [0.4, 0.5) is 0 Å². The summed E-state index contributed by atoms with van der Waals surface area (Å²) < 4.78 is 5.23. The molecule has 2 aromatic carbocycles. The van der Waals surface area contributed by atoms with Gasteiger partial charge in [-0.05, 0) is 87.7 Å². The van der Waals surface area contributed by atoms with Gasteiger partial charge in [0.05, 0.1) is 23.4 Å². The quantitative estimate of drug-likeness (QED) is 0.401. The summed E-state index contributed by atoms with van der Waals surface area (Å²) in [6, 6.07) is 21.1. The van der Waals surface area contributed by atoms with Crippen molar-refractivity contribution in [2.24, 2.45) is 28.6 Å². The van der Waals surface area contributed by atoms with Crippen molar-refractivity contribution in [2.75, 3.05) is 26.2 Å². The largest absolute Gasteiger partial charge is 0.466 e. The third-order valence-electron chi connectivity index (χ3n) is 10.5. The Morgan fingerprint density at radius 1 is 0.878 bits per heavy atom. The van der Waals surface area contributed by atoms with Crippen LogP contribution in [-0.2, 0) is 19.1 Å². The second-order valence-corrected chi connectivity index (χ2v) is 13.3. The Balaban J connectivity index is 1.12. The van der Waals surface area contributed by atoms with Crippen LogP contribution in [0.3, 0.4) is 0 Å². The van der Waals surface area contributed by atoms with E-state index in [-0.39, 0.29) is 29.6 Å². The predicted molar refractivity (Wildman–Crippen MR) is 158 cm³/mol. The highest BCUT2D eigenvalue weighted by molar-refractivity contribution is 5.88. The minimum Gasteiger partial charge on any atom is -0.466 e. The highest BCUT2D eigenvalue weighted by atomic mass is 16.5. The molecule has 218 valence electrons. The molecule has 0 spiro atoms. The highest BCUT2D eigenvalue weighted by Gasteiger charge is 2.63. The van der Waals surface area contributed by atoms with Gasteiger partial charge in [-0.2, -0.15) is 0 Å². The van der Waals surface area contributed by atoms with E-state index in [1.54, 1.807) is 0 Å². The smallest absolute Gasteiger partial charge is 0.309 e. The van der Waals surface area contributed by atoms with E-state index in [0.29, 0.717) is 57.3 Å². The lowest BCUT2D eigenvalue weighted by Crippen LogP contribution is -2.62. The van der Waals surface area contributed by atoms with Crippen molar-refractivity contribution in [1.82, 2.24) is 10.2 Å². The van der Waals surface area contributed by atoms with Crippen LogP contribution in [0.5, 0.6) is 0 Å². The first-order chi connectivity index (χ1) is 19.9. The average Bonchev–Trinajstić information content (AvgIpc) is 2.99. The zero-order chi connectivity index (χ0) is 28.5. The Bertz CT molecular complexity index is 1180. The molecule has 1 heterocycles. The second kappa shape index (κ2) is 11.6. The molecular weight excluding hydrogens is 512 g/mol. The number of hydrogen-bond donors (Lipinski definition) is 1. The van der Waals surface area contributed by atoms with Gasteiger partial charge in [-0.25, -0.2) is 0 Å². The number of ether oxygens (including phenoxy) is 1. The molecule has 4 bridgehead atoms. The summed E-state index contributed by atoms with van der Waals surface area (Å²) in [5.41, 5.74) is 1.67. The Morgan fingerprint density at radius 3 is 2.00 bits per heavy atom. The minimum atomic E-state index is -0.433. The lowest BCUT2D eigenvalue weighted by Gasteiger charge is -2.61. The Kier molecular flexibility index (Phi) is 7.93. The van der Waals surface area contributed by atoms with Gasteiger partial charge in [0, 0.05) is 25.6 Å². The maximum absolute atomic E-state index is 14.1. The van der Waals surface area contributed by atoms with E-state index >= 15 is 0 Å². The molecule has 7 rings (SSSR count). The molecular formula is C35H44N2O4. The van der Waals surface area contributed by atoms with Gasteiger partial charge in [-0.3, -0.25) is 14.4 Å². The lowest BCUT2D eigenvalue weighted by atomic mass is 9.43. The first-order valence-corrected chi connectivity index (χ1v) is 15.8. The average molecular weight is 557 g/mol. The van der Waals surface area contributed by atoms with Crippen molar-refractivity contribution >= 4 is 17.8 Å². The molecule has 5 fully saturated rings. The van der Waals surface area contributed by atoms with Crippen LogP contribution in [0.1, 0.15) is 81.8 Å². The van der Waals surface area contributed by atoms with Crippen LogP contribution in [0.25, 0.3) is 0 Å². The van der Waals surface area contributed by atoms with E-state index in [4.69, 9.17) is 4.74 Å². The number of hydrogen-bond acceptors (Lipinski definition) is 4. The number of rotatable bonds is 9. The molecule has 0 aromatic heterocycles. The summed E-state index contributed by atoms with van der Waals surface area (Å²) in [4.78, 5) is 42.3. The van der Waals surface area contributed by atoms with Gasteiger partial charge in [-0.1, -0.05) is 60.7 Å². The summed E-state index contributed by atoms with van der Waals surface area (Å²) >= 11 is 0. The Hall–Kier alpha value is -3.15. The topological polar surface area (TPSA) is 75.7 Å². The van der Waals surface area contributed by atoms with Crippen LogP contribution in [0.2, 0.25) is 0 Å². The second-order valence-electron chi connectivity index (χ2n) is 13.3. The molecule has 6 nitrogen and oxygen atoms in total. The lowest BCUT2D eigenvalue weighted by molar-refractivity contribution is -0.176. The van der Waals surface area contributed by atoms with E-state index in [0.717, 1.165) is 38.5 Å². The number of nitrogens with zero attached hydrogens (tertiary/aromatic N) is 1. The molecule has 4 saturated carbocycles. The van der Waals surface area contributed by atoms with E-state index in [9.17, 15) is 14.4 Å². The zero-order valence-corrected chi connectivity index (χ0v) is 24.4. The van der Waals surface area contributed by atoms with Crippen molar-refractivity contribution in [2.45, 2.75) is 70.6 Å². The maximum Gasteiger partial charge on any atom is 0.309 e. The standard InChI is InChI=1S/C35H44N2O4/c1-2-41-31(38)29-14-17-37(18-15-29)33(40)35-22-25-19-26(23-35)21-34(20-25,24-35)32(39)36-16-13-30(27-9-5-3-6-10-27)28-11-7-4-8-12-28/h3-12,25-26,29-30H,2,13-24H2,1H3,(H,36,39). The molecule has 2 atom stereocenters. The molecule has 1 N–H and O–H groups in total. The Morgan fingerprint density at radius 2 is 1.44 bits per heavy atom. The van der Waals surface area contributed by atoms with Crippen LogP contribution in [0, 0.1) is 28.6 Å². The summed E-state index contributed by atoms with van der Waals surface area (Å²) in [7, 11) is 0. The molecule has 4 aliphatic carbocycles. The summed E-state index contributed by atoms with van der Waals surface area (Å²) in [6.07, 6.45) is 7.66. The van der Waals surface area contributed by atoms with E-state index in [1.165, 1.54) is 11.1 Å². The van der Waals surface area contributed by atoms with Crippen LogP contribution < -0.4 is 5.32 Å². The summed E-state index contributed by atoms with van der Waals surface area (Å²) in [6.45, 7) is 4.07. The monoisotopic (exact) mass is 556 g/mol. The molecule has 1 saturated heterocycles. The summed E-state index contributed by atoms with van der Waals surface area (Å²) in [5.74, 6) is 1.27. The van der Waals surface area contributed by atoms with Gasteiger partial charge in [-0.15, -0.1) is 0 Å². The number of nitrogens with one attached hydrogen (secondary N) is 1. The molecule has 2 unspecified atom stereocenters. The molecule has 41 heavy (non-hydrogen) atoms. The predicted octanol–water partition coefficient (Wildman–Crippen LogP) is 5.71. The molecule has 1 aliphatic heterocycles. The third kappa shape index (κ3) is 5.54. The van der Waals surface area contributed by atoms with Crippen molar-refractivity contribution in [1.29, 1.82) is 0 Å². The first-order valence-electron chi connectivity index (χ1n) is 15.8. The van der Waals surface area contributed by atoms with Gasteiger partial charge in [0.1, 0.15) is 0 Å². The van der Waals surface area contributed by atoms with Gasteiger partial charge in [0.2, 0.25) is 11.8 Å². The molecule has 6 heteroatoms. The highest BCUT2D eigenvalue weighted by Crippen LogP contribution is 2.66. The van der Waals surface area contributed by atoms with Gasteiger partial charge < -0.3 is 15.0 Å². The molecule has 2 amide bonds. The SMILES string of the molecule is CCOC(=O)C1CCN(C(=O)C23CC4CC(CC(C(=O)NCCC(c5ccccc5)c5ccccc5)(C4)C2)C3)CC1. The Labute approximate surface area is 244 Å². The van der Waals surface area contributed by atoms with Crippen molar-refractivity contribution in [3.05, 3.63) is 71.8 Å². The van der Waals surface area contributed by atoms with Crippen molar-refractivity contribution < 1.29 is 19.1 Å². The fraction of sp³-hybridized carbons (Fsp3) is 0.571. The fourth-order valence-electron chi connectivity index (χ4n) is 9.11. The third-order valence-corrected chi connectivity index (χ3v) is 10.5. The van der Waals surface area contributed by atoms with E-state index < -0.39 is 10.8 Å². The number of esters is 1. The number of piperidine rings is 1. The van der Waals surface area contributed by atoms with Gasteiger partial charge in [0.15, 0.2) is 0 Å². The van der Waals surface area contributed by atoms with Crippen molar-refractivity contribution in [3.8, 4) is 0 Å². The number of carbonyl (C=O) groups is 3. The summed E-state index contributed by atoms with van der Waals surface area (Å²) in [5, 5.41) is 3.36. The van der Waals surface area contributed by atoms with E-state index in [1.807, 2.05) is 24.0 Å². The zero-order valence-electron chi connectivity index (χ0n) is 24.4. The molecule has 0 radical (unpaired) electrons. The number of likely N-dealkylation sites (tertiary alicyclic amines) is 1. The van der Waals surface area contributed by atoms with E-state index in [2.05, 4.69) is 53.8 Å². The molecule has 2 aromatic rings. The fourth-order valence-corrected chi connectivity index (χ4v) is 9.11. The number of carbonyl (C=O) groups excluding carboxylic acids is 3. The van der Waals surface area contributed by atoms with Gasteiger partial charge in [0.25, 0.3) is 0 Å². The van der Waals surface area contributed by atoms with Crippen LogP contribution >= 0.6 is 0 Å². The first kappa shape index (κ1) is 28.0. The van der Waals surface area contributed by atoms with Gasteiger partial charge >= 0.3 is 5.97 Å². The van der Waals surface area contributed by atoms with Crippen LogP contribution in [0.15, 0.2) is 60.7 Å². The number of amides is 2. The minimum absolute atomic E-state index is 0.108. The molecule has 5 aliphatic rings.